The Morgan fingerprint density at radius 1 is 1.11 bits per heavy atom. The number of nitrogen functional groups attached to an aromatic ring is 2. The van der Waals surface area contributed by atoms with Gasteiger partial charge in [-0.3, -0.25) is 9.59 Å². The molecule has 0 unspecified atom stereocenters. The normalized spacial score (nSPS) is 11.6. The lowest BCUT2D eigenvalue weighted by Gasteiger charge is -2.19. The van der Waals surface area contributed by atoms with Gasteiger partial charge in [0.05, 0.1) is 22.9 Å². The van der Waals surface area contributed by atoms with Crippen molar-refractivity contribution >= 4 is 69.0 Å². The number of carbonyl (C=O) groups is 3. The first-order valence-corrected chi connectivity index (χ1v) is 12.9. The lowest BCUT2D eigenvalue weighted by Crippen LogP contribution is -2.40. The summed E-state index contributed by atoms with van der Waals surface area (Å²) in [5, 5.41) is 14.8. The Labute approximate surface area is 226 Å². The van der Waals surface area contributed by atoms with Gasteiger partial charge in [0.2, 0.25) is 11.9 Å². The van der Waals surface area contributed by atoms with Crippen LogP contribution in [0.3, 0.4) is 0 Å². The fourth-order valence-corrected chi connectivity index (χ4v) is 3.78. The van der Waals surface area contributed by atoms with Gasteiger partial charge in [0, 0.05) is 24.8 Å². The quantitative estimate of drug-likeness (QED) is 0.110. The summed E-state index contributed by atoms with van der Waals surface area (Å²) in [4.78, 5) is 54.0. The van der Waals surface area contributed by atoms with E-state index in [1.807, 2.05) is 34.5 Å². The molecule has 0 saturated heterocycles. The van der Waals surface area contributed by atoms with Crippen molar-refractivity contribution in [2.45, 2.75) is 31.8 Å². The maximum Gasteiger partial charge on any atom is 0.326 e. The number of aromatic nitrogens is 4. The minimum absolute atomic E-state index is 0.0279. The van der Waals surface area contributed by atoms with Crippen LogP contribution in [-0.2, 0) is 16.1 Å². The largest absolute Gasteiger partial charge is 0.480 e. The van der Waals surface area contributed by atoms with Crippen molar-refractivity contribution in [3.8, 4) is 0 Å². The van der Waals surface area contributed by atoms with E-state index >= 15 is 0 Å². The Kier molecular flexibility index (Phi) is 9.71. The monoisotopic (exact) mass is 621 g/mol. The molecule has 0 saturated carbocycles. The standard InChI is InChI=1S/C23H28IN9O4/c1-33(12-14-11-28-20-18(29-14)19(25)31-23(26)32-20)15-7-5-13(6-8-15)21(35)30-16(22(36)37)4-2-3-9-27-17(34)10-24/h5-8,11,16H,2-4,9-10,12H2,1H3,(H,27,34)(H,30,35)(H,36,37)(H4,25,26,28,31,32)/t16-/m0/s1. The Bertz CT molecular complexity index is 1270. The highest BCUT2D eigenvalue weighted by Crippen LogP contribution is 2.19. The van der Waals surface area contributed by atoms with E-state index in [9.17, 15) is 19.5 Å². The van der Waals surface area contributed by atoms with E-state index in [0.717, 1.165) is 5.69 Å². The van der Waals surface area contributed by atoms with Crippen LogP contribution in [0.4, 0.5) is 17.5 Å². The Morgan fingerprint density at radius 3 is 2.51 bits per heavy atom. The van der Waals surface area contributed by atoms with Crippen LogP contribution >= 0.6 is 22.6 Å². The number of unbranched alkanes of at least 4 members (excludes halogenated alkanes) is 1. The first kappa shape index (κ1) is 27.8. The molecule has 0 aliphatic carbocycles. The summed E-state index contributed by atoms with van der Waals surface area (Å²) in [5.41, 5.74) is 13.9. The fourth-order valence-electron chi connectivity index (χ4n) is 3.51. The van der Waals surface area contributed by atoms with Gasteiger partial charge in [-0.05, 0) is 43.5 Å². The summed E-state index contributed by atoms with van der Waals surface area (Å²) in [6.07, 6.45) is 3.01. The first-order chi connectivity index (χ1) is 17.7. The molecular weight excluding hydrogens is 593 g/mol. The number of rotatable bonds is 12. The van der Waals surface area contributed by atoms with Gasteiger partial charge in [0.25, 0.3) is 5.91 Å². The number of hydrogen-bond donors (Lipinski definition) is 5. The predicted octanol–water partition coefficient (Wildman–Crippen LogP) is 1.13. The molecule has 0 aliphatic heterocycles. The van der Waals surface area contributed by atoms with E-state index in [1.54, 1.807) is 30.5 Å². The third-order valence-electron chi connectivity index (χ3n) is 5.44. The van der Waals surface area contributed by atoms with Gasteiger partial charge in [-0.2, -0.15) is 9.97 Å². The third kappa shape index (κ3) is 7.83. The smallest absolute Gasteiger partial charge is 0.326 e. The zero-order valence-corrected chi connectivity index (χ0v) is 22.3. The maximum absolute atomic E-state index is 12.6. The lowest BCUT2D eigenvalue weighted by molar-refractivity contribution is -0.139. The number of nitrogens with two attached hydrogens (primary N) is 2. The molecular formula is C23H28IN9O4. The van der Waals surface area contributed by atoms with Crippen molar-refractivity contribution in [3.63, 3.8) is 0 Å². The summed E-state index contributed by atoms with van der Waals surface area (Å²) in [6.45, 7) is 0.870. The number of carboxylic acids is 1. The summed E-state index contributed by atoms with van der Waals surface area (Å²) >= 11 is 1.97. The SMILES string of the molecule is CN(Cc1cnc2nc(N)nc(N)c2n1)c1ccc(C(=O)N[C@@H](CCCCNC(=O)CI)C(=O)O)cc1. The molecule has 37 heavy (non-hydrogen) atoms. The number of alkyl halides is 1. The van der Waals surface area contributed by atoms with Crippen molar-refractivity contribution in [1.29, 1.82) is 0 Å². The minimum atomic E-state index is -1.11. The number of anilines is 3. The molecule has 0 spiro atoms. The number of aliphatic carboxylic acids is 1. The van der Waals surface area contributed by atoms with E-state index in [4.69, 9.17) is 11.5 Å². The van der Waals surface area contributed by atoms with Gasteiger partial charge in [0.1, 0.15) is 6.04 Å². The molecule has 0 radical (unpaired) electrons. The molecule has 0 fully saturated rings. The van der Waals surface area contributed by atoms with Crippen LogP contribution in [0.15, 0.2) is 30.5 Å². The van der Waals surface area contributed by atoms with Gasteiger partial charge in [-0.15, -0.1) is 0 Å². The van der Waals surface area contributed by atoms with Crippen LogP contribution < -0.4 is 27.0 Å². The molecule has 2 heterocycles. The van der Waals surface area contributed by atoms with Gasteiger partial charge in [0.15, 0.2) is 17.0 Å². The molecule has 1 aromatic carbocycles. The number of hydrogen-bond acceptors (Lipinski definition) is 10. The van der Waals surface area contributed by atoms with E-state index in [1.165, 1.54) is 0 Å². The number of benzene rings is 1. The topological polar surface area (TPSA) is 202 Å². The first-order valence-electron chi connectivity index (χ1n) is 11.4. The van der Waals surface area contributed by atoms with Crippen LogP contribution in [0.25, 0.3) is 11.2 Å². The second kappa shape index (κ2) is 12.9. The van der Waals surface area contributed by atoms with Crippen molar-refractivity contribution in [2.75, 3.05) is 34.4 Å². The van der Waals surface area contributed by atoms with Crippen molar-refractivity contribution in [2.24, 2.45) is 0 Å². The van der Waals surface area contributed by atoms with Gasteiger partial charge in [-0.1, -0.05) is 22.6 Å². The van der Waals surface area contributed by atoms with Crippen molar-refractivity contribution < 1.29 is 19.5 Å². The van der Waals surface area contributed by atoms with E-state index in [-0.39, 0.29) is 24.1 Å². The third-order valence-corrected chi connectivity index (χ3v) is 6.13. The summed E-state index contributed by atoms with van der Waals surface area (Å²) in [7, 11) is 1.85. The number of halogens is 1. The van der Waals surface area contributed by atoms with Gasteiger partial charge < -0.3 is 32.1 Å². The van der Waals surface area contributed by atoms with Crippen LogP contribution in [0.1, 0.15) is 35.3 Å². The summed E-state index contributed by atoms with van der Waals surface area (Å²) < 4.78 is 0.373. The molecule has 14 heteroatoms. The van der Waals surface area contributed by atoms with Gasteiger partial charge in [-0.25, -0.2) is 14.8 Å². The number of nitrogens with one attached hydrogen (secondary N) is 2. The highest BCUT2D eigenvalue weighted by molar-refractivity contribution is 14.1. The number of nitrogens with zero attached hydrogens (tertiary/aromatic N) is 5. The minimum Gasteiger partial charge on any atom is -0.480 e. The number of amides is 2. The molecule has 1 atom stereocenters. The zero-order chi connectivity index (χ0) is 26.9. The highest BCUT2D eigenvalue weighted by Gasteiger charge is 2.20. The Balaban J connectivity index is 1.57. The van der Waals surface area contributed by atoms with E-state index in [0.29, 0.717) is 52.8 Å². The highest BCUT2D eigenvalue weighted by atomic mass is 127. The molecule has 3 rings (SSSR count). The predicted molar refractivity (Wildman–Crippen MR) is 147 cm³/mol. The van der Waals surface area contributed by atoms with Crippen LogP contribution in [0.5, 0.6) is 0 Å². The second-order valence-electron chi connectivity index (χ2n) is 8.25. The molecule has 2 aromatic heterocycles. The number of carboxylic acid groups (broad SMARTS) is 1. The second-order valence-corrected chi connectivity index (χ2v) is 9.01. The average Bonchev–Trinajstić information content (AvgIpc) is 2.87. The van der Waals surface area contributed by atoms with E-state index < -0.39 is 17.9 Å². The molecule has 7 N–H and O–H groups in total. The zero-order valence-electron chi connectivity index (χ0n) is 20.1. The summed E-state index contributed by atoms with van der Waals surface area (Å²) in [6, 6.07) is 5.74. The summed E-state index contributed by atoms with van der Waals surface area (Å²) in [5.74, 6) is -1.47. The van der Waals surface area contributed by atoms with Crippen LogP contribution in [0, 0.1) is 0 Å². The maximum atomic E-state index is 12.6. The molecule has 3 aromatic rings. The molecule has 13 nitrogen and oxygen atoms in total. The molecule has 0 bridgehead atoms. The molecule has 0 aliphatic rings. The van der Waals surface area contributed by atoms with E-state index in [2.05, 4.69) is 30.6 Å². The number of fused-ring (bicyclic) bond motifs is 1. The van der Waals surface area contributed by atoms with Crippen LogP contribution in [-0.4, -0.2) is 66.9 Å². The van der Waals surface area contributed by atoms with Gasteiger partial charge >= 0.3 is 5.97 Å². The number of carbonyl (C=O) groups excluding carboxylic acids is 2. The van der Waals surface area contributed by atoms with Crippen LogP contribution in [0.2, 0.25) is 0 Å². The fraction of sp³-hybridized carbons (Fsp3) is 0.348. The lowest BCUT2D eigenvalue weighted by atomic mass is 10.1. The molecule has 2 amide bonds. The van der Waals surface area contributed by atoms with Crippen molar-refractivity contribution in [1.82, 2.24) is 30.6 Å². The average molecular weight is 621 g/mol. The van der Waals surface area contributed by atoms with Crippen molar-refractivity contribution in [3.05, 3.63) is 41.7 Å². The Morgan fingerprint density at radius 2 is 1.84 bits per heavy atom. The Hall–Kier alpha value is -3.82. The molecule has 196 valence electrons.